The van der Waals surface area contributed by atoms with Gasteiger partial charge in [0.2, 0.25) is 0 Å². The van der Waals surface area contributed by atoms with Crippen molar-refractivity contribution in [2.24, 2.45) is 11.3 Å². The molecule has 1 atom stereocenters. The third-order valence-corrected chi connectivity index (χ3v) is 3.27. The lowest BCUT2D eigenvalue weighted by molar-refractivity contribution is -0.146. The molecular formula is C10H17Cl3O2. The van der Waals surface area contributed by atoms with Crippen LogP contribution in [0.4, 0.5) is 0 Å². The molecule has 0 aromatic carbocycles. The lowest BCUT2D eigenvalue weighted by Crippen LogP contribution is -2.31. The number of carboxylic acids is 1. The zero-order chi connectivity index (χ0) is 12.3. The molecule has 2 nitrogen and oxygen atoms in total. The van der Waals surface area contributed by atoms with Crippen LogP contribution in [0, 0.1) is 11.3 Å². The van der Waals surface area contributed by atoms with Crippen molar-refractivity contribution in [3.05, 3.63) is 0 Å². The summed E-state index contributed by atoms with van der Waals surface area (Å²) in [6, 6.07) is 0. The largest absolute Gasteiger partial charge is 0.481 e. The Morgan fingerprint density at radius 2 is 1.73 bits per heavy atom. The van der Waals surface area contributed by atoms with E-state index in [-0.39, 0.29) is 5.41 Å². The Bertz CT molecular complexity index is 221. The Hall–Kier alpha value is 0.340. The quantitative estimate of drug-likeness (QED) is 0.761. The number of halogens is 3. The molecule has 0 aromatic rings. The van der Waals surface area contributed by atoms with E-state index in [9.17, 15) is 4.79 Å². The summed E-state index contributed by atoms with van der Waals surface area (Å²) >= 11 is 17.0. The molecule has 1 unspecified atom stereocenters. The van der Waals surface area contributed by atoms with E-state index < -0.39 is 15.7 Å². The zero-order valence-electron chi connectivity index (χ0n) is 9.19. The van der Waals surface area contributed by atoms with Crippen molar-refractivity contribution in [2.75, 3.05) is 0 Å². The van der Waals surface area contributed by atoms with Gasteiger partial charge in [0.1, 0.15) is 0 Å². The molecular weight excluding hydrogens is 258 g/mol. The molecule has 0 aliphatic carbocycles. The van der Waals surface area contributed by atoms with Crippen LogP contribution in [-0.2, 0) is 4.79 Å². The molecule has 0 saturated carbocycles. The number of rotatable bonds is 5. The van der Waals surface area contributed by atoms with Crippen molar-refractivity contribution in [2.45, 2.75) is 43.8 Å². The first kappa shape index (κ1) is 15.3. The van der Waals surface area contributed by atoms with Gasteiger partial charge in [-0.2, -0.15) is 0 Å². The molecule has 0 saturated heterocycles. The molecule has 0 amide bonds. The van der Waals surface area contributed by atoms with Crippen LogP contribution < -0.4 is 0 Å². The van der Waals surface area contributed by atoms with Crippen molar-refractivity contribution in [3.63, 3.8) is 0 Å². The highest BCUT2D eigenvalue weighted by Crippen LogP contribution is 2.40. The number of alkyl halides is 3. The molecule has 0 radical (unpaired) electrons. The van der Waals surface area contributed by atoms with Crippen molar-refractivity contribution >= 4 is 40.8 Å². The van der Waals surface area contributed by atoms with Crippen LogP contribution in [0.25, 0.3) is 0 Å². The zero-order valence-corrected chi connectivity index (χ0v) is 11.5. The average Bonchev–Trinajstić information content (AvgIpc) is 1.99. The van der Waals surface area contributed by atoms with Gasteiger partial charge in [0, 0.05) is 0 Å². The Labute approximate surface area is 106 Å². The van der Waals surface area contributed by atoms with Crippen LogP contribution in [0.15, 0.2) is 0 Å². The minimum atomic E-state index is -1.30. The van der Waals surface area contributed by atoms with E-state index >= 15 is 0 Å². The summed E-state index contributed by atoms with van der Waals surface area (Å²) < 4.78 is -1.30. The van der Waals surface area contributed by atoms with Gasteiger partial charge in [0.25, 0.3) is 0 Å². The molecule has 90 valence electrons. The van der Waals surface area contributed by atoms with Crippen LogP contribution >= 0.6 is 34.8 Å². The first-order valence-corrected chi connectivity index (χ1v) is 6.03. The molecule has 1 N–H and O–H groups in total. The maximum atomic E-state index is 11.0. The Balaban J connectivity index is 4.45. The highest BCUT2D eigenvalue weighted by atomic mass is 35.6. The number of carboxylic acid groups (broad SMARTS) is 1. The Morgan fingerprint density at radius 1 is 1.27 bits per heavy atom. The van der Waals surface area contributed by atoms with Crippen LogP contribution in [0.2, 0.25) is 0 Å². The maximum Gasteiger partial charge on any atom is 0.307 e. The fraction of sp³-hybridized carbons (Fsp3) is 0.900. The fourth-order valence-corrected chi connectivity index (χ4v) is 1.98. The maximum absolute atomic E-state index is 11.0. The predicted molar refractivity (Wildman–Crippen MR) is 64.7 cm³/mol. The summed E-state index contributed by atoms with van der Waals surface area (Å²) in [6.07, 6.45) is 1.53. The van der Waals surface area contributed by atoms with Gasteiger partial charge in [-0.05, 0) is 24.7 Å². The topological polar surface area (TPSA) is 37.3 Å². The smallest absolute Gasteiger partial charge is 0.307 e. The second-order valence-electron chi connectivity index (χ2n) is 4.40. The lowest BCUT2D eigenvalue weighted by Gasteiger charge is -2.31. The summed E-state index contributed by atoms with van der Waals surface area (Å²) in [5, 5.41) is 9.04. The molecule has 15 heavy (non-hydrogen) atoms. The van der Waals surface area contributed by atoms with E-state index in [0.29, 0.717) is 19.3 Å². The van der Waals surface area contributed by atoms with Gasteiger partial charge in [-0.1, -0.05) is 55.6 Å². The van der Waals surface area contributed by atoms with Gasteiger partial charge in [0.15, 0.2) is 3.79 Å². The molecule has 0 aromatic heterocycles. The van der Waals surface area contributed by atoms with Gasteiger partial charge in [0.05, 0.1) is 5.92 Å². The number of hydrogen-bond donors (Lipinski definition) is 1. The van der Waals surface area contributed by atoms with Crippen molar-refractivity contribution in [1.82, 2.24) is 0 Å². The van der Waals surface area contributed by atoms with Crippen molar-refractivity contribution in [1.29, 1.82) is 0 Å². The number of aliphatic carboxylic acids is 1. The van der Waals surface area contributed by atoms with E-state index in [2.05, 4.69) is 0 Å². The average molecular weight is 276 g/mol. The lowest BCUT2D eigenvalue weighted by atomic mass is 9.74. The van der Waals surface area contributed by atoms with E-state index in [4.69, 9.17) is 39.9 Å². The van der Waals surface area contributed by atoms with Crippen LogP contribution in [0.5, 0.6) is 0 Å². The second kappa shape index (κ2) is 5.60. The van der Waals surface area contributed by atoms with E-state index in [1.165, 1.54) is 0 Å². The molecule has 0 aliphatic rings. The number of hydrogen-bond acceptors (Lipinski definition) is 1. The molecule has 5 heteroatoms. The third kappa shape index (κ3) is 5.84. The van der Waals surface area contributed by atoms with Gasteiger partial charge in [-0.15, -0.1) is 0 Å². The van der Waals surface area contributed by atoms with Crippen molar-refractivity contribution in [3.8, 4) is 0 Å². The first-order chi connectivity index (χ1) is 6.60. The van der Waals surface area contributed by atoms with Gasteiger partial charge in [-0.3, -0.25) is 4.79 Å². The van der Waals surface area contributed by atoms with E-state index in [1.807, 2.05) is 20.8 Å². The normalized spacial score (nSPS) is 15.1. The fourth-order valence-electron chi connectivity index (χ4n) is 1.70. The monoisotopic (exact) mass is 274 g/mol. The van der Waals surface area contributed by atoms with Crippen LogP contribution in [0.1, 0.15) is 40.0 Å². The number of carbonyl (C=O) groups is 1. The minimum Gasteiger partial charge on any atom is -0.481 e. The third-order valence-electron chi connectivity index (χ3n) is 2.70. The second-order valence-corrected chi connectivity index (χ2v) is 6.92. The molecule has 0 fully saturated rings. The van der Waals surface area contributed by atoms with Crippen LogP contribution in [0.3, 0.4) is 0 Å². The Morgan fingerprint density at radius 3 is 2.00 bits per heavy atom. The summed E-state index contributed by atoms with van der Waals surface area (Å²) in [4.78, 5) is 11.0. The minimum absolute atomic E-state index is 0.357. The van der Waals surface area contributed by atoms with Crippen LogP contribution in [-0.4, -0.2) is 14.9 Å². The van der Waals surface area contributed by atoms with E-state index in [0.717, 1.165) is 0 Å². The molecule has 0 heterocycles. The molecule has 0 aliphatic heterocycles. The standard InChI is InChI=1S/C10H17Cl3O2/c1-4-7(8(14)15)9(2,3)5-6-10(11,12)13/h7H,4-6H2,1-3H3,(H,14,15). The SMILES string of the molecule is CCC(C(=O)O)C(C)(C)CCC(Cl)(Cl)Cl. The van der Waals surface area contributed by atoms with E-state index in [1.54, 1.807) is 0 Å². The molecule has 0 spiro atoms. The predicted octanol–water partition coefficient (Wildman–Crippen LogP) is 4.27. The summed E-state index contributed by atoms with van der Waals surface area (Å²) in [6.45, 7) is 5.65. The summed E-state index contributed by atoms with van der Waals surface area (Å²) in [5.74, 6) is -1.18. The first-order valence-electron chi connectivity index (χ1n) is 4.89. The summed E-state index contributed by atoms with van der Waals surface area (Å²) in [5.41, 5.74) is -0.357. The van der Waals surface area contributed by atoms with Gasteiger partial charge in [-0.25, -0.2) is 0 Å². The molecule has 0 bridgehead atoms. The van der Waals surface area contributed by atoms with Gasteiger partial charge >= 0.3 is 5.97 Å². The van der Waals surface area contributed by atoms with Crippen molar-refractivity contribution < 1.29 is 9.90 Å². The highest BCUT2D eigenvalue weighted by molar-refractivity contribution is 6.67. The highest BCUT2D eigenvalue weighted by Gasteiger charge is 2.35. The van der Waals surface area contributed by atoms with Gasteiger partial charge < -0.3 is 5.11 Å². The summed E-state index contributed by atoms with van der Waals surface area (Å²) in [7, 11) is 0. The Kier molecular flexibility index (Phi) is 5.73. The molecule has 0 rings (SSSR count).